The number of hydrogen-bond donors (Lipinski definition) is 0. The van der Waals surface area contributed by atoms with E-state index in [0.29, 0.717) is 65.3 Å². The number of hydrogen-bond acceptors (Lipinski definition) is 6. The van der Waals surface area contributed by atoms with Crippen molar-refractivity contribution in [2.24, 2.45) is 5.92 Å². The summed E-state index contributed by atoms with van der Waals surface area (Å²) in [6, 6.07) is 8.07. The second kappa shape index (κ2) is 8.24. The van der Waals surface area contributed by atoms with Crippen LogP contribution < -0.4 is 0 Å². The van der Waals surface area contributed by atoms with Crippen molar-refractivity contribution in [3.8, 4) is 0 Å². The molecule has 0 bridgehead atoms. The number of rotatable bonds is 5. The molecule has 3 fully saturated rings. The normalized spacial score (nSPS) is 23.1. The molecule has 30 heavy (non-hydrogen) atoms. The Morgan fingerprint density at radius 1 is 1.13 bits per heavy atom. The average molecular weight is 430 g/mol. The number of morpholine rings is 1. The molecule has 2 aromatic rings. The van der Waals surface area contributed by atoms with Crippen LogP contribution in [-0.2, 0) is 25.5 Å². The fourth-order valence-electron chi connectivity index (χ4n) is 4.70. The number of para-hydroxylation sites is 1. The van der Waals surface area contributed by atoms with E-state index in [9.17, 15) is 9.59 Å². The zero-order valence-corrected chi connectivity index (χ0v) is 17.9. The highest BCUT2D eigenvalue weighted by Crippen LogP contribution is 2.39. The number of amides is 2. The number of fused-ring (bicyclic) bond motifs is 1. The molecule has 8 heteroatoms. The van der Waals surface area contributed by atoms with Crippen molar-refractivity contribution in [1.29, 1.82) is 0 Å². The van der Waals surface area contributed by atoms with Gasteiger partial charge in [-0.3, -0.25) is 9.59 Å². The maximum absolute atomic E-state index is 12.6. The van der Waals surface area contributed by atoms with E-state index in [0.717, 1.165) is 16.9 Å². The third kappa shape index (κ3) is 4.08. The van der Waals surface area contributed by atoms with Crippen LogP contribution in [0.2, 0.25) is 0 Å². The predicted molar refractivity (Wildman–Crippen MR) is 113 cm³/mol. The minimum atomic E-state index is -0.235. The Morgan fingerprint density at radius 2 is 1.93 bits per heavy atom. The lowest BCUT2D eigenvalue weighted by molar-refractivity contribution is -0.157. The number of nitrogens with zero attached hydrogens (tertiary/aromatic N) is 3. The number of carbonyl (C=O) groups is 2. The molecule has 2 amide bonds. The van der Waals surface area contributed by atoms with Gasteiger partial charge in [-0.1, -0.05) is 12.1 Å². The lowest BCUT2D eigenvalue weighted by Crippen LogP contribution is -2.63. The third-order valence-corrected chi connectivity index (χ3v) is 7.41. The van der Waals surface area contributed by atoms with E-state index in [4.69, 9.17) is 9.47 Å². The molecule has 1 atom stereocenters. The molecule has 7 nitrogen and oxygen atoms in total. The minimum Gasteiger partial charge on any atom is -0.378 e. The van der Waals surface area contributed by atoms with Crippen molar-refractivity contribution < 1.29 is 19.1 Å². The summed E-state index contributed by atoms with van der Waals surface area (Å²) in [5, 5.41) is 1.01. The summed E-state index contributed by atoms with van der Waals surface area (Å²) in [5.41, 5.74) is 0.770. The Labute approximate surface area is 179 Å². The van der Waals surface area contributed by atoms with Gasteiger partial charge in [0.2, 0.25) is 11.8 Å². The molecule has 1 aromatic heterocycles. The minimum absolute atomic E-state index is 0.163. The van der Waals surface area contributed by atoms with Gasteiger partial charge in [0.1, 0.15) is 5.60 Å². The van der Waals surface area contributed by atoms with E-state index in [2.05, 4.69) is 11.1 Å². The fraction of sp³-hybridized carbons (Fsp3) is 0.591. The maximum atomic E-state index is 12.6. The van der Waals surface area contributed by atoms with E-state index in [1.807, 2.05) is 28.0 Å². The van der Waals surface area contributed by atoms with Crippen LogP contribution in [0.15, 0.2) is 24.3 Å². The first-order valence-corrected chi connectivity index (χ1v) is 11.5. The second-order valence-electron chi connectivity index (χ2n) is 8.59. The van der Waals surface area contributed by atoms with E-state index >= 15 is 0 Å². The monoisotopic (exact) mass is 429 g/mol. The fourth-order valence-corrected chi connectivity index (χ4v) is 5.67. The Balaban J connectivity index is 1.07. The van der Waals surface area contributed by atoms with E-state index in [-0.39, 0.29) is 23.3 Å². The molecule has 160 valence electrons. The molecular weight excluding hydrogens is 402 g/mol. The van der Waals surface area contributed by atoms with Crippen molar-refractivity contribution in [3.05, 3.63) is 29.3 Å². The lowest BCUT2D eigenvalue weighted by atomic mass is 9.85. The molecule has 3 aliphatic rings. The van der Waals surface area contributed by atoms with Crippen molar-refractivity contribution in [3.63, 3.8) is 0 Å². The summed E-state index contributed by atoms with van der Waals surface area (Å²) >= 11 is 1.66. The molecule has 0 N–H and O–H groups in total. The first-order chi connectivity index (χ1) is 14.6. The number of benzene rings is 1. The molecule has 1 aromatic carbocycles. The van der Waals surface area contributed by atoms with Gasteiger partial charge in [-0.2, -0.15) is 0 Å². The third-order valence-electron chi connectivity index (χ3n) is 6.31. The summed E-state index contributed by atoms with van der Waals surface area (Å²) < 4.78 is 12.5. The van der Waals surface area contributed by atoms with Crippen molar-refractivity contribution in [2.75, 3.05) is 46.0 Å². The Morgan fingerprint density at radius 3 is 2.73 bits per heavy atom. The van der Waals surface area contributed by atoms with Crippen LogP contribution in [0.4, 0.5) is 0 Å². The summed E-state index contributed by atoms with van der Waals surface area (Å²) in [4.78, 5) is 33.5. The number of aromatic nitrogens is 1. The van der Waals surface area contributed by atoms with Crippen LogP contribution in [0.5, 0.6) is 0 Å². The summed E-state index contributed by atoms with van der Waals surface area (Å²) in [7, 11) is 0. The van der Waals surface area contributed by atoms with E-state index in [1.54, 1.807) is 11.3 Å². The van der Waals surface area contributed by atoms with Gasteiger partial charge in [0.05, 0.1) is 48.1 Å². The lowest BCUT2D eigenvalue weighted by Gasteiger charge is -2.47. The number of carbonyl (C=O) groups excluding carboxylic acids is 2. The van der Waals surface area contributed by atoms with Gasteiger partial charge in [-0.25, -0.2) is 4.98 Å². The number of thiazole rings is 1. The zero-order chi connectivity index (χ0) is 20.6. The topological polar surface area (TPSA) is 72.0 Å². The standard InChI is InChI=1S/C22H27N3O4S/c26-20(6-5-19-23-17-3-1-2-4-18(17)30-19)25-14-22(15-25)12-16(13-29-22)11-21(27)24-7-9-28-10-8-24/h1-4,16H,5-15H2. The SMILES string of the molecule is O=C(CC1COC2(C1)CN(C(=O)CCc1nc3ccccc3s1)C2)N1CCOCC1. The molecule has 0 saturated carbocycles. The number of aryl methyl sites for hydroxylation is 1. The highest BCUT2D eigenvalue weighted by atomic mass is 32.1. The van der Waals surface area contributed by atoms with E-state index < -0.39 is 0 Å². The molecule has 5 rings (SSSR count). The van der Waals surface area contributed by atoms with Gasteiger partial charge in [0.25, 0.3) is 0 Å². The molecule has 4 heterocycles. The molecule has 3 saturated heterocycles. The van der Waals surface area contributed by atoms with Gasteiger partial charge >= 0.3 is 0 Å². The summed E-state index contributed by atoms with van der Waals surface area (Å²) in [6.45, 7) is 4.55. The van der Waals surface area contributed by atoms with Crippen LogP contribution in [-0.4, -0.2) is 78.2 Å². The van der Waals surface area contributed by atoms with Crippen molar-refractivity contribution >= 4 is 33.4 Å². The summed E-state index contributed by atoms with van der Waals surface area (Å²) in [5.74, 6) is 0.615. The van der Waals surface area contributed by atoms with Gasteiger partial charge in [0, 0.05) is 32.4 Å². The molecule has 0 aliphatic carbocycles. The largest absolute Gasteiger partial charge is 0.378 e. The molecule has 3 aliphatic heterocycles. The van der Waals surface area contributed by atoms with Gasteiger partial charge < -0.3 is 19.3 Å². The van der Waals surface area contributed by atoms with Gasteiger partial charge in [0.15, 0.2) is 0 Å². The molecular formula is C22H27N3O4S. The van der Waals surface area contributed by atoms with Crippen LogP contribution in [0, 0.1) is 5.92 Å². The molecule has 0 radical (unpaired) electrons. The van der Waals surface area contributed by atoms with Gasteiger partial charge in [-0.05, 0) is 24.5 Å². The highest BCUT2D eigenvalue weighted by Gasteiger charge is 2.51. The smallest absolute Gasteiger partial charge is 0.223 e. The van der Waals surface area contributed by atoms with Crippen LogP contribution >= 0.6 is 11.3 Å². The van der Waals surface area contributed by atoms with Crippen molar-refractivity contribution in [2.45, 2.75) is 31.3 Å². The highest BCUT2D eigenvalue weighted by molar-refractivity contribution is 7.18. The quantitative estimate of drug-likeness (QED) is 0.728. The average Bonchev–Trinajstić information content (AvgIpc) is 3.35. The molecule has 1 spiro atoms. The summed E-state index contributed by atoms with van der Waals surface area (Å²) in [6.07, 6.45) is 2.56. The van der Waals surface area contributed by atoms with Crippen LogP contribution in [0.3, 0.4) is 0 Å². The van der Waals surface area contributed by atoms with Crippen molar-refractivity contribution in [1.82, 2.24) is 14.8 Å². The van der Waals surface area contributed by atoms with Crippen LogP contribution in [0.25, 0.3) is 10.2 Å². The second-order valence-corrected chi connectivity index (χ2v) is 9.70. The Hall–Kier alpha value is -2.03. The first kappa shape index (κ1) is 19.9. The zero-order valence-electron chi connectivity index (χ0n) is 17.0. The van der Waals surface area contributed by atoms with Crippen LogP contribution in [0.1, 0.15) is 24.3 Å². The maximum Gasteiger partial charge on any atom is 0.223 e. The number of likely N-dealkylation sites (tertiary alicyclic amines) is 1. The number of ether oxygens (including phenoxy) is 2. The Kier molecular flexibility index (Phi) is 5.47. The Bertz CT molecular complexity index is 900. The molecule has 1 unspecified atom stereocenters. The van der Waals surface area contributed by atoms with E-state index in [1.165, 1.54) is 4.70 Å². The predicted octanol–water partition coefficient (Wildman–Crippen LogP) is 2.10. The van der Waals surface area contributed by atoms with Gasteiger partial charge in [-0.15, -0.1) is 11.3 Å². The first-order valence-electron chi connectivity index (χ1n) is 10.7.